The molecule has 0 aromatic heterocycles. The molecule has 1 aromatic rings. The highest BCUT2D eigenvalue weighted by Gasteiger charge is 2.28. The Morgan fingerprint density at radius 2 is 1.89 bits per heavy atom. The second-order valence-electron chi connectivity index (χ2n) is 6.72. The average Bonchev–Trinajstić information content (AvgIpc) is 2.64. The van der Waals surface area contributed by atoms with Crippen molar-refractivity contribution in [3.8, 4) is 5.75 Å². The lowest BCUT2D eigenvalue weighted by molar-refractivity contribution is -0.180. The number of phenols is 1. The maximum Gasteiger partial charge on any atom is 0.412 e. The van der Waals surface area contributed by atoms with Gasteiger partial charge in [0.15, 0.2) is 0 Å². The fraction of sp³-hybridized carbons (Fsp3) is 0.579. The number of aromatic hydroxyl groups is 1. The van der Waals surface area contributed by atoms with Crippen LogP contribution in [0.1, 0.15) is 39.4 Å². The van der Waals surface area contributed by atoms with Gasteiger partial charge in [0.2, 0.25) is 0 Å². The molecule has 8 nitrogen and oxygen atoms in total. The van der Waals surface area contributed by atoms with Gasteiger partial charge in [-0.2, -0.15) is 0 Å². The number of esters is 1. The van der Waals surface area contributed by atoms with E-state index in [9.17, 15) is 19.8 Å². The Kier molecular flexibility index (Phi) is 9.04. The topological polar surface area (TPSA) is 122 Å². The van der Waals surface area contributed by atoms with Crippen LogP contribution in [0, 0.1) is 11.8 Å². The zero-order chi connectivity index (χ0) is 20.6. The fourth-order valence-corrected chi connectivity index (χ4v) is 2.18. The van der Waals surface area contributed by atoms with Crippen LogP contribution in [0.4, 0.5) is 4.79 Å². The van der Waals surface area contributed by atoms with E-state index in [1.54, 1.807) is 39.8 Å². The summed E-state index contributed by atoms with van der Waals surface area (Å²) in [6.07, 6.45) is -2.75. The number of aliphatic hydroxyl groups excluding tert-OH is 1. The monoisotopic (exact) mass is 382 g/mol. The molecule has 152 valence electrons. The molecule has 0 heterocycles. The lowest BCUT2D eigenvalue weighted by atomic mass is 10.1. The van der Waals surface area contributed by atoms with E-state index in [1.807, 2.05) is 0 Å². The lowest BCUT2D eigenvalue weighted by Gasteiger charge is -2.28. The number of carbonyl (C=O) groups excluding carboxylic acids is 2. The van der Waals surface area contributed by atoms with Gasteiger partial charge < -0.3 is 30.3 Å². The number of hydrogen-bond acceptors (Lipinski definition) is 7. The molecule has 4 N–H and O–H groups in total. The number of nitrogens with zero attached hydrogens (tertiary/aromatic N) is 1. The summed E-state index contributed by atoms with van der Waals surface area (Å²) >= 11 is 0. The maximum atomic E-state index is 12.5. The van der Waals surface area contributed by atoms with E-state index < -0.39 is 30.4 Å². The van der Waals surface area contributed by atoms with Crippen LogP contribution < -0.4 is 5.73 Å². The van der Waals surface area contributed by atoms with Gasteiger partial charge in [-0.25, -0.2) is 4.79 Å². The predicted molar refractivity (Wildman–Crippen MR) is 99.7 cm³/mol. The number of hydrogen-bond donors (Lipinski definition) is 3. The molecule has 1 aromatic carbocycles. The van der Waals surface area contributed by atoms with Crippen LogP contribution in [0.25, 0.3) is 0 Å². The SMILES string of the molecule is CCN(CC(O)c1cccc(O)c1)C(=O)OC(OC(=O)C(C)CN)C(C)C. The van der Waals surface area contributed by atoms with Crippen molar-refractivity contribution in [2.24, 2.45) is 17.6 Å². The number of phenolic OH excluding ortho intramolecular Hbond substituents is 1. The lowest BCUT2D eigenvalue weighted by Crippen LogP contribution is -2.40. The summed E-state index contributed by atoms with van der Waals surface area (Å²) < 4.78 is 10.6. The molecule has 0 saturated carbocycles. The molecular formula is C19H30N2O6. The van der Waals surface area contributed by atoms with Gasteiger partial charge in [-0.1, -0.05) is 32.9 Å². The van der Waals surface area contributed by atoms with Crippen LogP contribution in [0.5, 0.6) is 5.75 Å². The Bertz CT molecular complexity index is 622. The number of nitrogens with two attached hydrogens (primary N) is 1. The predicted octanol–water partition coefficient (Wildman–Crippen LogP) is 2.00. The summed E-state index contributed by atoms with van der Waals surface area (Å²) in [6.45, 7) is 7.28. The molecule has 27 heavy (non-hydrogen) atoms. The van der Waals surface area contributed by atoms with Crippen LogP contribution in [0.3, 0.4) is 0 Å². The van der Waals surface area contributed by atoms with E-state index in [0.717, 1.165) is 0 Å². The molecule has 1 amide bonds. The molecule has 0 radical (unpaired) electrons. The molecule has 0 fully saturated rings. The van der Waals surface area contributed by atoms with Crippen LogP contribution in [-0.4, -0.2) is 53.1 Å². The molecule has 1 rings (SSSR count). The van der Waals surface area contributed by atoms with Gasteiger partial charge >= 0.3 is 12.1 Å². The van der Waals surface area contributed by atoms with Gasteiger partial charge in [0.05, 0.1) is 18.6 Å². The minimum absolute atomic E-state index is 0.0259. The quantitative estimate of drug-likeness (QED) is 0.441. The Morgan fingerprint density at radius 1 is 1.22 bits per heavy atom. The first kappa shape index (κ1) is 22.7. The van der Waals surface area contributed by atoms with E-state index in [4.69, 9.17) is 15.2 Å². The molecule has 0 bridgehead atoms. The average molecular weight is 382 g/mol. The zero-order valence-electron chi connectivity index (χ0n) is 16.3. The highest BCUT2D eigenvalue weighted by molar-refractivity contribution is 5.73. The number of rotatable bonds is 9. The Morgan fingerprint density at radius 3 is 2.41 bits per heavy atom. The Balaban J connectivity index is 2.75. The third-order valence-electron chi connectivity index (χ3n) is 4.04. The number of likely N-dealkylation sites (N-methyl/N-ethyl adjacent to an activating group) is 1. The summed E-state index contributed by atoms with van der Waals surface area (Å²) in [5.41, 5.74) is 5.93. The second kappa shape index (κ2) is 10.7. The highest BCUT2D eigenvalue weighted by Crippen LogP contribution is 2.20. The van der Waals surface area contributed by atoms with Gasteiger partial charge in [-0.15, -0.1) is 0 Å². The van der Waals surface area contributed by atoms with Gasteiger partial charge in [0, 0.05) is 19.0 Å². The molecule has 0 aliphatic rings. The van der Waals surface area contributed by atoms with Crippen LogP contribution in [0.15, 0.2) is 24.3 Å². The third kappa shape index (κ3) is 7.07. The van der Waals surface area contributed by atoms with E-state index in [2.05, 4.69) is 0 Å². The van der Waals surface area contributed by atoms with Gasteiger partial charge in [0.25, 0.3) is 6.29 Å². The second-order valence-corrected chi connectivity index (χ2v) is 6.72. The normalized spacial score (nSPS) is 14.3. The number of amides is 1. The van der Waals surface area contributed by atoms with Crippen molar-refractivity contribution in [1.82, 2.24) is 4.90 Å². The van der Waals surface area contributed by atoms with Crippen molar-refractivity contribution >= 4 is 12.1 Å². The molecule has 8 heteroatoms. The number of benzene rings is 1. The van der Waals surface area contributed by atoms with E-state index in [0.29, 0.717) is 5.56 Å². The summed E-state index contributed by atoms with van der Waals surface area (Å²) in [6, 6.07) is 6.18. The maximum absolute atomic E-state index is 12.5. The molecular weight excluding hydrogens is 352 g/mol. The van der Waals surface area contributed by atoms with Crippen LogP contribution in [-0.2, 0) is 14.3 Å². The first-order valence-corrected chi connectivity index (χ1v) is 9.02. The fourth-order valence-electron chi connectivity index (χ4n) is 2.18. The van der Waals surface area contributed by atoms with Crippen molar-refractivity contribution in [3.05, 3.63) is 29.8 Å². The summed E-state index contributed by atoms with van der Waals surface area (Å²) in [4.78, 5) is 25.7. The van der Waals surface area contributed by atoms with E-state index >= 15 is 0 Å². The van der Waals surface area contributed by atoms with E-state index in [-0.39, 0.29) is 31.3 Å². The van der Waals surface area contributed by atoms with Crippen molar-refractivity contribution in [2.75, 3.05) is 19.6 Å². The summed E-state index contributed by atoms with van der Waals surface area (Å²) in [5, 5.41) is 19.8. The molecule has 0 aliphatic carbocycles. The molecule has 0 aliphatic heterocycles. The number of carbonyl (C=O) groups is 2. The van der Waals surface area contributed by atoms with Crippen LogP contribution >= 0.6 is 0 Å². The van der Waals surface area contributed by atoms with Crippen molar-refractivity contribution in [3.63, 3.8) is 0 Å². The molecule has 0 spiro atoms. The summed E-state index contributed by atoms with van der Waals surface area (Å²) in [5.74, 6) is -1.26. The third-order valence-corrected chi connectivity index (χ3v) is 4.04. The first-order valence-electron chi connectivity index (χ1n) is 9.02. The van der Waals surface area contributed by atoms with Crippen molar-refractivity contribution < 1.29 is 29.3 Å². The number of aliphatic hydroxyl groups is 1. The van der Waals surface area contributed by atoms with Crippen LogP contribution in [0.2, 0.25) is 0 Å². The molecule has 3 atom stereocenters. The minimum atomic E-state index is -1.05. The number of ether oxygens (including phenoxy) is 2. The summed E-state index contributed by atoms with van der Waals surface area (Å²) in [7, 11) is 0. The van der Waals surface area contributed by atoms with Gasteiger partial charge in [0.1, 0.15) is 5.75 Å². The Hall–Kier alpha value is -2.32. The largest absolute Gasteiger partial charge is 0.508 e. The van der Waals surface area contributed by atoms with Crippen molar-refractivity contribution in [2.45, 2.75) is 40.1 Å². The smallest absolute Gasteiger partial charge is 0.412 e. The minimum Gasteiger partial charge on any atom is -0.508 e. The Labute approximate surface area is 159 Å². The van der Waals surface area contributed by atoms with Gasteiger partial charge in [-0.05, 0) is 24.6 Å². The van der Waals surface area contributed by atoms with E-state index in [1.165, 1.54) is 17.0 Å². The van der Waals surface area contributed by atoms with Gasteiger partial charge in [-0.3, -0.25) is 4.79 Å². The highest BCUT2D eigenvalue weighted by atomic mass is 16.7. The molecule has 3 unspecified atom stereocenters. The zero-order valence-corrected chi connectivity index (χ0v) is 16.3. The van der Waals surface area contributed by atoms with Crippen molar-refractivity contribution in [1.29, 1.82) is 0 Å². The molecule has 0 saturated heterocycles. The first-order chi connectivity index (χ1) is 12.7. The standard InChI is InChI=1S/C19H30N2O6/c1-5-21(11-16(23)14-7-6-8-15(22)9-14)19(25)27-18(12(2)3)26-17(24)13(4)10-20/h6-9,12-13,16,18,22-23H,5,10-11,20H2,1-4H3.